The van der Waals surface area contributed by atoms with Gasteiger partial charge in [0.2, 0.25) is 11.8 Å². The summed E-state index contributed by atoms with van der Waals surface area (Å²) < 4.78 is 0. The van der Waals surface area contributed by atoms with Crippen molar-refractivity contribution in [1.29, 1.82) is 5.41 Å². The second-order valence-corrected chi connectivity index (χ2v) is 8.20. The number of aliphatic hydroxyl groups excluding tert-OH is 1. The summed E-state index contributed by atoms with van der Waals surface area (Å²) in [5, 5.41) is 32.5. The van der Waals surface area contributed by atoms with Crippen LogP contribution in [0.1, 0.15) is 27.2 Å². The van der Waals surface area contributed by atoms with Crippen molar-refractivity contribution in [2.75, 3.05) is 26.2 Å². The van der Waals surface area contributed by atoms with E-state index in [1.54, 1.807) is 13.8 Å². The number of carbonyl (C=O) groups is 3. The minimum absolute atomic E-state index is 0.0372. The molecule has 0 aliphatic carbocycles. The summed E-state index contributed by atoms with van der Waals surface area (Å²) in [4.78, 5) is 39.6. The number of nitrogens with zero attached hydrogens (tertiary/aromatic N) is 2. The van der Waals surface area contributed by atoms with Crippen LogP contribution in [0.4, 0.5) is 0 Å². The molecule has 3 aliphatic rings. The summed E-state index contributed by atoms with van der Waals surface area (Å²) >= 11 is 0. The average Bonchev–Trinajstić information content (AvgIpc) is 3.15. The first-order valence-corrected chi connectivity index (χ1v) is 9.90. The molecule has 2 amide bonds. The van der Waals surface area contributed by atoms with Gasteiger partial charge in [-0.25, -0.2) is 4.79 Å². The van der Waals surface area contributed by atoms with E-state index in [1.165, 1.54) is 4.90 Å². The fourth-order valence-electron chi connectivity index (χ4n) is 4.68. The molecule has 3 rings (SSSR count). The normalized spacial score (nSPS) is 30.1. The van der Waals surface area contributed by atoms with Gasteiger partial charge >= 0.3 is 5.97 Å². The number of hydrogen-bond acceptors (Lipinski definition) is 6. The SMILES string of the molecule is CC(=N)NCC(=O)N[C@H]1CCN(CC2=C(C(=O)O)N3C(=O)C([C@@H](C)O)C3[C@H]2C)C1. The molecular formula is C19H29N5O5. The smallest absolute Gasteiger partial charge is 0.352 e. The summed E-state index contributed by atoms with van der Waals surface area (Å²) in [7, 11) is 0. The molecule has 5 N–H and O–H groups in total. The number of hydrogen-bond donors (Lipinski definition) is 5. The zero-order valence-electron chi connectivity index (χ0n) is 16.9. The third-order valence-electron chi connectivity index (χ3n) is 6.06. The number of aliphatic hydroxyl groups is 1. The van der Waals surface area contributed by atoms with Crippen LogP contribution in [0.25, 0.3) is 0 Å². The highest BCUT2D eigenvalue weighted by Crippen LogP contribution is 2.47. The van der Waals surface area contributed by atoms with E-state index >= 15 is 0 Å². The number of aliphatic carboxylic acids is 1. The van der Waals surface area contributed by atoms with E-state index in [2.05, 4.69) is 15.5 Å². The zero-order chi connectivity index (χ0) is 21.5. The number of rotatable bonds is 7. The molecule has 0 radical (unpaired) electrons. The second kappa shape index (κ2) is 8.11. The maximum absolute atomic E-state index is 12.4. The van der Waals surface area contributed by atoms with Crippen molar-refractivity contribution >= 4 is 23.6 Å². The summed E-state index contributed by atoms with van der Waals surface area (Å²) in [6.07, 6.45) is -0.0629. The average molecular weight is 407 g/mol. The van der Waals surface area contributed by atoms with Gasteiger partial charge in [0.25, 0.3) is 0 Å². The predicted molar refractivity (Wildman–Crippen MR) is 104 cm³/mol. The number of β-lactam (4-membered cyclic amide) rings is 1. The molecule has 0 aromatic heterocycles. The molecule has 3 aliphatic heterocycles. The lowest BCUT2D eigenvalue weighted by atomic mass is 9.77. The van der Waals surface area contributed by atoms with E-state index in [-0.39, 0.29) is 47.9 Å². The van der Waals surface area contributed by atoms with Gasteiger partial charge in [0.1, 0.15) is 5.70 Å². The van der Waals surface area contributed by atoms with Crippen LogP contribution in [0.2, 0.25) is 0 Å². The van der Waals surface area contributed by atoms with Crippen LogP contribution in [-0.2, 0) is 14.4 Å². The van der Waals surface area contributed by atoms with Crippen molar-refractivity contribution in [1.82, 2.24) is 20.4 Å². The summed E-state index contributed by atoms with van der Waals surface area (Å²) in [5.41, 5.74) is 0.745. The van der Waals surface area contributed by atoms with E-state index in [9.17, 15) is 24.6 Å². The van der Waals surface area contributed by atoms with Crippen LogP contribution in [0.15, 0.2) is 11.3 Å². The van der Waals surface area contributed by atoms with Crippen molar-refractivity contribution in [3.8, 4) is 0 Å². The molecule has 0 saturated carbocycles. The third kappa shape index (κ3) is 3.99. The first-order valence-electron chi connectivity index (χ1n) is 9.90. The quantitative estimate of drug-likeness (QED) is 0.206. The number of carboxylic acids is 1. The van der Waals surface area contributed by atoms with Gasteiger partial charge in [-0.1, -0.05) is 6.92 Å². The maximum atomic E-state index is 12.4. The zero-order valence-corrected chi connectivity index (χ0v) is 16.9. The molecule has 5 atom stereocenters. The number of nitrogens with one attached hydrogen (secondary N) is 3. The fourth-order valence-corrected chi connectivity index (χ4v) is 4.68. The molecule has 29 heavy (non-hydrogen) atoms. The Morgan fingerprint density at radius 1 is 1.38 bits per heavy atom. The van der Waals surface area contributed by atoms with Gasteiger partial charge in [-0.15, -0.1) is 0 Å². The van der Waals surface area contributed by atoms with Crippen LogP contribution in [-0.4, -0.2) is 88.0 Å². The van der Waals surface area contributed by atoms with E-state index in [0.717, 1.165) is 6.42 Å². The Bertz CT molecular complexity index is 764. The standard InChI is InChI=1S/C19H29N5O5/c1-9-13(17(19(28)29)24-16(9)15(10(2)25)18(24)27)8-23-5-4-12(7-23)22-14(26)6-21-11(3)20/h9-10,12,15-16,25H,4-8H2,1-3H3,(H2,20,21)(H,22,26)(H,28,29)/t9-,10+,12-,15?,16?/m0/s1. The van der Waals surface area contributed by atoms with Crippen LogP contribution < -0.4 is 10.6 Å². The van der Waals surface area contributed by atoms with Crippen molar-refractivity contribution in [3.63, 3.8) is 0 Å². The highest BCUT2D eigenvalue weighted by molar-refractivity contribution is 6.00. The van der Waals surface area contributed by atoms with Crippen molar-refractivity contribution in [2.45, 2.75) is 45.4 Å². The first-order chi connectivity index (χ1) is 13.6. The number of likely N-dealkylation sites (tertiary alicyclic amines) is 1. The van der Waals surface area contributed by atoms with Gasteiger partial charge < -0.3 is 25.7 Å². The Morgan fingerprint density at radius 2 is 2.07 bits per heavy atom. The predicted octanol–water partition coefficient (Wildman–Crippen LogP) is -1.04. The van der Waals surface area contributed by atoms with Crippen LogP contribution in [0, 0.1) is 17.2 Å². The molecule has 10 nitrogen and oxygen atoms in total. The molecule has 3 heterocycles. The van der Waals surface area contributed by atoms with Gasteiger partial charge in [-0.3, -0.25) is 19.9 Å². The molecule has 0 aromatic rings. The van der Waals surface area contributed by atoms with Gasteiger partial charge in [0.15, 0.2) is 0 Å². The highest BCUT2D eigenvalue weighted by atomic mass is 16.4. The van der Waals surface area contributed by atoms with Gasteiger partial charge in [0.05, 0.1) is 30.4 Å². The Labute approximate surface area is 169 Å². The van der Waals surface area contributed by atoms with E-state index in [1.807, 2.05) is 6.92 Å². The van der Waals surface area contributed by atoms with Crippen LogP contribution in [0.5, 0.6) is 0 Å². The molecule has 2 fully saturated rings. The number of fused-ring (bicyclic) bond motifs is 1. The monoisotopic (exact) mass is 407 g/mol. The number of amidine groups is 1. The fraction of sp³-hybridized carbons (Fsp3) is 0.684. The molecule has 10 heteroatoms. The minimum Gasteiger partial charge on any atom is -0.477 e. The Morgan fingerprint density at radius 3 is 2.66 bits per heavy atom. The molecule has 0 spiro atoms. The van der Waals surface area contributed by atoms with Gasteiger partial charge in [0, 0.05) is 31.6 Å². The lowest BCUT2D eigenvalue weighted by Gasteiger charge is -2.46. The largest absolute Gasteiger partial charge is 0.477 e. The third-order valence-corrected chi connectivity index (χ3v) is 6.06. The molecule has 0 bridgehead atoms. The first kappa shape index (κ1) is 21.3. The van der Waals surface area contributed by atoms with Crippen molar-refractivity contribution < 1.29 is 24.6 Å². The van der Waals surface area contributed by atoms with Gasteiger partial charge in [-0.2, -0.15) is 0 Å². The Hall–Kier alpha value is -2.46. The van der Waals surface area contributed by atoms with E-state index in [4.69, 9.17) is 5.41 Å². The molecular weight excluding hydrogens is 378 g/mol. The van der Waals surface area contributed by atoms with Crippen molar-refractivity contribution in [3.05, 3.63) is 11.3 Å². The Kier molecular flexibility index (Phi) is 5.95. The second-order valence-electron chi connectivity index (χ2n) is 8.20. The van der Waals surface area contributed by atoms with E-state index in [0.29, 0.717) is 25.2 Å². The number of amides is 2. The number of carbonyl (C=O) groups excluding carboxylic acids is 2. The minimum atomic E-state index is -1.12. The van der Waals surface area contributed by atoms with Gasteiger partial charge in [-0.05, 0) is 25.8 Å². The lowest BCUT2D eigenvalue weighted by Crippen LogP contribution is -2.63. The van der Waals surface area contributed by atoms with Crippen LogP contribution in [0.3, 0.4) is 0 Å². The summed E-state index contributed by atoms with van der Waals surface area (Å²) in [6, 6.07) is -0.345. The topological polar surface area (TPSA) is 146 Å². The van der Waals surface area contributed by atoms with Crippen LogP contribution >= 0.6 is 0 Å². The summed E-state index contributed by atoms with van der Waals surface area (Å²) in [5.74, 6) is -2.11. The number of carboxylic acid groups (broad SMARTS) is 1. The maximum Gasteiger partial charge on any atom is 0.352 e. The summed E-state index contributed by atoms with van der Waals surface area (Å²) in [6.45, 7) is 6.81. The highest BCUT2D eigenvalue weighted by Gasteiger charge is 2.59. The molecule has 0 aromatic carbocycles. The molecule has 160 valence electrons. The Balaban J connectivity index is 1.64. The molecule has 2 unspecified atom stereocenters. The van der Waals surface area contributed by atoms with Crippen molar-refractivity contribution in [2.24, 2.45) is 11.8 Å². The van der Waals surface area contributed by atoms with E-state index < -0.39 is 18.0 Å². The molecule has 2 saturated heterocycles. The lowest BCUT2D eigenvalue weighted by molar-refractivity contribution is -0.163.